The van der Waals surface area contributed by atoms with Crippen molar-refractivity contribution in [2.75, 3.05) is 0 Å². The molecule has 4 aliphatic carbocycles. The Hall–Kier alpha value is -2.49. The smallest absolute Gasteiger partial charge is 0.339 e. The molecule has 0 unspecified atom stereocenters. The summed E-state index contributed by atoms with van der Waals surface area (Å²) >= 11 is 13.0. The first kappa shape index (κ1) is 25.8. The number of carboxylic acid groups (broad SMARTS) is 1. The van der Waals surface area contributed by atoms with Gasteiger partial charge >= 0.3 is 5.97 Å². The summed E-state index contributed by atoms with van der Waals surface area (Å²) in [4.78, 5) is 11.4. The SMILES string of the molecule is O=C(O)c1cn(CC23CCC(OCc4c(-c5c(Cl)cccc5Cl)noc4C4CC4)(CC2)CC3)nc1C(F)F. The summed E-state index contributed by atoms with van der Waals surface area (Å²) in [5.74, 6) is -0.210. The largest absolute Gasteiger partial charge is 0.478 e. The first-order valence-corrected chi connectivity index (χ1v) is 13.6. The number of hydrogen-bond donors (Lipinski definition) is 1. The van der Waals surface area contributed by atoms with Gasteiger partial charge in [0.15, 0.2) is 0 Å². The van der Waals surface area contributed by atoms with Crippen LogP contribution in [0.1, 0.15) is 91.1 Å². The maximum Gasteiger partial charge on any atom is 0.339 e. The van der Waals surface area contributed by atoms with Crippen LogP contribution in [-0.2, 0) is 17.9 Å². The van der Waals surface area contributed by atoms with Crippen LogP contribution in [0.25, 0.3) is 11.3 Å². The molecule has 2 heterocycles. The van der Waals surface area contributed by atoms with Crippen LogP contribution in [0.3, 0.4) is 0 Å². The summed E-state index contributed by atoms with van der Waals surface area (Å²) < 4.78 is 40.4. The van der Waals surface area contributed by atoms with Gasteiger partial charge in [-0.2, -0.15) is 5.10 Å². The summed E-state index contributed by atoms with van der Waals surface area (Å²) in [5, 5.41) is 18.6. The molecular weight excluding hydrogens is 539 g/mol. The second-order valence-corrected chi connectivity index (χ2v) is 11.8. The molecule has 2 bridgehead atoms. The number of aromatic carboxylic acids is 1. The summed E-state index contributed by atoms with van der Waals surface area (Å²) in [6.45, 7) is 0.765. The molecule has 7 nitrogen and oxygen atoms in total. The maximum absolute atomic E-state index is 13.3. The molecule has 7 rings (SSSR count). The van der Waals surface area contributed by atoms with Crippen LogP contribution in [0.5, 0.6) is 0 Å². The zero-order chi connectivity index (χ0) is 26.7. The summed E-state index contributed by atoms with van der Waals surface area (Å²) in [7, 11) is 0. The van der Waals surface area contributed by atoms with Crippen LogP contribution in [0, 0.1) is 5.41 Å². The number of benzene rings is 1. The van der Waals surface area contributed by atoms with E-state index in [2.05, 4.69) is 10.3 Å². The number of alkyl halides is 2. The first-order chi connectivity index (χ1) is 18.2. The molecule has 0 radical (unpaired) electrons. The zero-order valence-electron chi connectivity index (χ0n) is 20.6. The highest BCUT2D eigenvalue weighted by atomic mass is 35.5. The lowest BCUT2D eigenvalue weighted by Crippen LogP contribution is -2.49. The van der Waals surface area contributed by atoms with E-state index in [9.17, 15) is 18.7 Å². The highest BCUT2D eigenvalue weighted by Crippen LogP contribution is 2.55. The van der Waals surface area contributed by atoms with Gasteiger partial charge in [0.25, 0.3) is 6.43 Å². The molecule has 4 saturated carbocycles. The first-order valence-electron chi connectivity index (χ1n) is 12.8. The second-order valence-electron chi connectivity index (χ2n) is 10.9. The topological polar surface area (TPSA) is 90.4 Å². The number of ether oxygens (including phenoxy) is 1. The van der Waals surface area contributed by atoms with E-state index < -0.39 is 23.7 Å². The van der Waals surface area contributed by atoms with Crippen LogP contribution in [-0.4, -0.2) is 31.6 Å². The fourth-order valence-corrected chi connectivity index (χ4v) is 6.72. The van der Waals surface area contributed by atoms with Gasteiger partial charge in [-0.3, -0.25) is 4.68 Å². The molecule has 38 heavy (non-hydrogen) atoms. The molecule has 0 atom stereocenters. The Morgan fingerprint density at radius 1 is 1.16 bits per heavy atom. The summed E-state index contributed by atoms with van der Waals surface area (Å²) in [5.41, 5.74) is 0.671. The Balaban J connectivity index is 1.18. The summed E-state index contributed by atoms with van der Waals surface area (Å²) in [6, 6.07) is 5.35. The van der Waals surface area contributed by atoms with Crippen molar-refractivity contribution in [1.29, 1.82) is 0 Å². The van der Waals surface area contributed by atoms with Gasteiger partial charge in [-0.05, 0) is 68.9 Å². The van der Waals surface area contributed by atoms with E-state index in [0.717, 1.165) is 62.7 Å². The second kappa shape index (κ2) is 9.61. The molecule has 11 heteroatoms. The number of aromatic nitrogens is 3. The summed E-state index contributed by atoms with van der Waals surface area (Å²) in [6.07, 6.45) is 5.44. The maximum atomic E-state index is 13.3. The van der Waals surface area contributed by atoms with Crippen molar-refractivity contribution in [3.63, 3.8) is 0 Å². The fourth-order valence-electron chi connectivity index (χ4n) is 6.14. The van der Waals surface area contributed by atoms with Gasteiger partial charge in [0.05, 0.1) is 22.3 Å². The fraction of sp³-hybridized carbons (Fsp3) is 0.519. The number of hydrogen-bond acceptors (Lipinski definition) is 5. The lowest BCUT2D eigenvalue weighted by Gasteiger charge is -2.53. The molecular formula is C27H27Cl2F2N3O4. The van der Waals surface area contributed by atoms with Crippen LogP contribution in [0.2, 0.25) is 10.0 Å². The third kappa shape index (κ3) is 4.62. The Morgan fingerprint density at radius 3 is 2.37 bits per heavy atom. The van der Waals surface area contributed by atoms with Crippen LogP contribution in [0.4, 0.5) is 8.78 Å². The van der Waals surface area contributed by atoms with E-state index in [1.807, 2.05) is 0 Å². The quantitative estimate of drug-likeness (QED) is 0.286. The number of carboxylic acids is 1. The van der Waals surface area contributed by atoms with Gasteiger partial charge in [-0.25, -0.2) is 13.6 Å². The molecule has 4 fully saturated rings. The monoisotopic (exact) mass is 565 g/mol. The van der Waals surface area contributed by atoms with Gasteiger partial charge in [0.1, 0.15) is 22.7 Å². The average Bonchev–Trinajstić information content (AvgIpc) is 3.51. The van der Waals surface area contributed by atoms with Gasteiger partial charge in [-0.1, -0.05) is 34.4 Å². The Labute approximate surface area is 228 Å². The molecule has 2 aromatic heterocycles. The number of halogens is 4. The molecule has 1 N–H and O–H groups in total. The molecule has 202 valence electrons. The van der Waals surface area contributed by atoms with E-state index in [0.29, 0.717) is 40.4 Å². The lowest BCUT2D eigenvalue weighted by molar-refractivity contribution is -0.147. The van der Waals surface area contributed by atoms with E-state index in [-0.39, 0.29) is 11.0 Å². The average molecular weight is 566 g/mol. The highest BCUT2D eigenvalue weighted by molar-refractivity contribution is 6.39. The zero-order valence-corrected chi connectivity index (χ0v) is 22.1. The standard InChI is InChI=1S/C27H27Cl2F2N3O4/c28-18-2-1-3-19(29)20(18)21-17(23(38-33-21)15-4-5-15)13-37-27-9-6-26(7-10-27,8-11-27)14-34-12-16(25(35)36)22(32-34)24(30)31/h1-3,12,15,24H,4-11,13-14H2,(H,35,36). The van der Waals surface area contributed by atoms with E-state index in [1.165, 1.54) is 10.9 Å². The molecule has 4 aliphatic rings. The van der Waals surface area contributed by atoms with Crippen molar-refractivity contribution in [2.45, 2.75) is 82.5 Å². The molecule has 0 amide bonds. The minimum atomic E-state index is -2.93. The van der Waals surface area contributed by atoms with Crippen LogP contribution < -0.4 is 0 Å². The molecule has 0 spiro atoms. The van der Waals surface area contributed by atoms with Crippen molar-refractivity contribution >= 4 is 29.2 Å². The number of carbonyl (C=O) groups is 1. The Kier molecular flexibility index (Phi) is 6.52. The normalized spacial score (nSPS) is 24.9. The van der Waals surface area contributed by atoms with Crippen molar-refractivity contribution in [3.8, 4) is 11.3 Å². The van der Waals surface area contributed by atoms with E-state index in [1.54, 1.807) is 18.2 Å². The molecule has 3 aromatic rings. The molecule has 0 saturated heterocycles. The number of fused-ring (bicyclic) bond motifs is 3. The van der Waals surface area contributed by atoms with Crippen molar-refractivity contribution < 1.29 is 27.9 Å². The minimum Gasteiger partial charge on any atom is -0.478 e. The molecule has 0 aliphatic heterocycles. The van der Waals surface area contributed by atoms with Crippen molar-refractivity contribution in [2.24, 2.45) is 5.41 Å². The Bertz CT molecular complexity index is 1340. The predicted molar refractivity (Wildman–Crippen MR) is 136 cm³/mol. The Morgan fingerprint density at radius 2 is 1.82 bits per heavy atom. The van der Waals surface area contributed by atoms with Gasteiger partial charge in [-0.15, -0.1) is 0 Å². The predicted octanol–water partition coefficient (Wildman–Crippen LogP) is 7.67. The van der Waals surface area contributed by atoms with E-state index >= 15 is 0 Å². The van der Waals surface area contributed by atoms with Crippen molar-refractivity contribution in [3.05, 3.63) is 57.0 Å². The van der Waals surface area contributed by atoms with E-state index in [4.69, 9.17) is 32.5 Å². The minimum absolute atomic E-state index is 0.112. The third-order valence-electron chi connectivity index (χ3n) is 8.55. The van der Waals surface area contributed by atoms with Gasteiger partial charge in [0.2, 0.25) is 0 Å². The number of nitrogens with zero attached hydrogens (tertiary/aromatic N) is 3. The third-order valence-corrected chi connectivity index (χ3v) is 9.18. The van der Waals surface area contributed by atoms with Crippen LogP contribution in [0.15, 0.2) is 28.9 Å². The lowest BCUT2D eigenvalue weighted by atomic mass is 9.58. The number of rotatable bonds is 9. The van der Waals surface area contributed by atoms with Crippen LogP contribution >= 0.6 is 23.2 Å². The molecule has 1 aromatic carbocycles. The van der Waals surface area contributed by atoms with Crippen molar-refractivity contribution in [1.82, 2.24) is 14.9 Å². The van der Waals surface area contributed by atoms with Gasteiger partial charge in [0, 0.05) is 29.8 Å². The highest BCUT2D eigenvalue weighted by Gasteiger charge is 2.50. The van der Waals surface area contributed by atoms with Gasteiger partial charge < -0.3 is 14.4 Å².